The number of benzene rings is 2. The van der Waals surface area contributed by atoms with E-state index in [9.17, 15) is 9.90 Å². The number of rotatable bonds is 6. The Bertz CT molecular complexity index is 752. The molecule has 25 heavy (non-hydrogen) atoms. The molecule has 2 unspecified atom stereocenters. The van der Waals surface area contributed by atoms with E-state index in [1.165, 1.54) is 11.1 Å². The van der Waals surface area contributed by atoms with Crippen LogP contribution in [0.3, 0.4) is 0 Å². The van der Waals surface area contributed by atoms with E-state index < -0.39 is 6.10 Å². The van der Waals surface area contributed by atoms with Crippen LogP contribution in [0.1, 0.15) is 21.5 Å². The first-order chi connectivity index (χ1) is 12.0. The van der Waals surface area contributed by atoms with Crippen LogP contribution in [0.2, 0.25) is 5.02 Å². The van der Waals surface area contributed by atoms with Crippen LogP contribution in [0, 0.1) is 0 Å². The minimum atomic E-state index is -0.633. The fraction of sp³-hybridized carbons (Fsp3) is 0.316. The van der Waals surface area contributed by atoms with Crippen molar-refractivity contribution in [2.24, 2.45) is 0 Å². The van der Waals surface area contributed by atoms with Gasteiger partial charge in [-0.25, -0.2) is 0 Å². The van der Waals surface area contributed by atoms with Gasteiger partial charge in [0.2, 0.25) is 0 Å². The van der Waals surface area contributed by atoms with Crippen LogP contribution in [0.15, 0.2) is 46.9 Å². The van der Waals surface area contributed by atoms with Crippen LogP contribution in [0.25, 0.3) is 0 Å². The fourth-order valence-corrected chi connectivity index (χ4v) is 3.55. The van der Waals surface area contributed by atoms with E-state index in [0.29, 0.717) is 23.2 Å². The first kappa shape index (κ1) is 18.4. The lowest BCUT2D eigenvalue weighted by Gasteiger charge is -2.16. The van der Waals surface area contributed by atoms with Gasteiger partial charge >= 0.3 is 0 Å². The molecule has 0 fully saturated rings. The Morgan fingerprint density at radius 1 is 1.16 bits per heavy atom. The fourth-order valence-electron chi connectivity index (χ4n) is 3.02. The highest BCUT2D eigenvalue weighted by Crippen LogP contribution is 2.25. The molecule has 1 aliphatic rings. The van der Waals surface area contributed by atoms with Gasteiger partial charge in [0.05, 0.1) is 6.10 Å². The zero-order valence-electron chi connectivity index (χ0n) is 13.6. The summed E-state index contributed by atoms with van der Waals surface area (Å²) in [5.41, 5.74) is 3.23. The quantitative estimate of drug-likeness (QED) is 0.669. The van der Waals surface area contributed by atoms with Gasteiger partial charge in [-0.05, 0) is 60.4 Å². The maximum Gasteiger partial charge on any atom is 0.251 e. The molecular formula is C19H20BrClN2O2. The molecule has 3 rings (SSSR count). The Balaban J connectivity index is 1.41. The van der Waals surface area contributed by atoms with Crippen molar-refractivity contribution in [1.29, 1.82) is 0 Å². The van der Waals surface area contributed by atoms with Gasteiger partial charge in [-0.3, -0.25) is 4.79 Å². The average Bonchev–Trinajstić information content (AvgIpc) is 3.00. The zero-order chi connectivity index (χ0) is 17.8. The molecule has 0 radical (unpaired) electrons. The maximum atomic E-state index is 12.0. The van der Waals surface area contributed by atoms with Crippen molar-refractivity contribution in [3.63, 3.8) is 0 Å². The summed E-state index contributed by atoms with van der Waals surface area (Å²) in [5, 5.41) is 16.8. The Morgan fingerprint density at radius 2 is 1.88 bits per heavy atom. The number of carbonyl (C=O) groups excluding carboxylic acids is 1. The second-order valence-corrected chi connectivity index (χ2v) is 7.65. The third-order valence-corrected chi connectivity index (χ3v) is 5.09. The predicted molar refractivity (Wildman–Crippen MR) is 103 cm³/mol. The summed E-state index contributed by atoms with van der Waals surface area (Å²) < 4.78 is 1.09. The van der Waals surface area contributed by atoms with Crippen molar-refractivity contribution in [1.82, 2.24) is 10.6 Å². The second-order valence-electron chi connectivity index (χ2n) is 6.30. The minimum Gasteiger partial charge on any atom is -0.390 e. The first-order valence-corrected chi connectivity index (χ1v) is 9.41. The molecule has 6 heteroatoms. The highest BCUT2D eigenvalue weighted by atomic mass is 79.9. The summed E-state index contributed by atoms with van der Waals surface area (Å²) in [6.45, 7) is 0.653. The van der Waals surface area contributed by atoms with Crippen molar-refractivity contribution in [2.45, 2.75) is 25.0 Å². The van der Waals surface area contributed by atoms with Crippen LogP contribution in [-0.2, 0) is 12.8 Å². The Hall–Kier alpha value is -1.40. The Kier molecular flexibility index (Phi) is 6.12. The molecule has 132 valence electrons. The molecule has 2 aromatic rings. The molecule has 0 spiro atoms. The van der Waals surface area contributed by atoms with E-state index in [1.807, 2.05) is 0 Å². The number of nitrogens with one attached hydrogen (secondary N) is 2. The highest BCUT2D eigenvalue weighted by Gasteiger charge is 2.21. The van der Waals surface area contributed by atoms with Gasteiger partial charge in [-0.2, -0.15) is 0 Å². The summed E-state index contributed by atoms with van der Waals surface area (Å²) in [5.74, 6) is -0.214. The van der Waals surface area contributed by atoms with Crippen LogP contribution >= 0.6 is 27.5 Å². The lowest BCUT2D eigenvalue weighted by molar-refractivity contribution is 0.0914. The zero-order valence-corrected chi connectivity index (χ0v) is 16.0. The molecule has 0 heterocycles. The van der Waals surface area contributed by atoms with E-state index in [2.05, 4.69) is 44.8 Å². The third-order valence-electron chi connectivity index (χ3n) is 4.35. The molecule has 3 N–H and O–H groups in total. The number of amides is 1. The van der Waals surface area contributed by atoms with Crippen LogP contribution in [-0.4, -0.2) is 36.2 Å². The molecule has 0 saturated heterocycles. The molecule has 0 aromatic heterocycles. The normalized spacial score (nSPS) is 17.2. The van der Waals surface area contributed by atoms with Gasteiger partial charge in [-0.15, -0.1) is 0 Å². The minimum absolute atomic E-state index is 0.208. The number of aliphatic hydroxyl groups is 1. The van der Waals surface area contributed by atoms with Crippen molar-refractivity contribution in [3.8, 4) is 0 Å². The SMILES string of the molecule is O=C(NCC(O)CNC1Cc2ccc(Br)cc2C1)c1ccc(Cl)cc1. The number of carbonyl (C=O) groups is 1. The van der Waals surface area contributed by atoms with E-state index in [0.717, 1.165) is 17.3 Å². The number of aliphatic hydroxyl groups excluding tert-OH is 1. The molecule has 0 saturated carbocycles. The highest BCUT2D eigenvalue weighted by molar-refractivity contribution is 9.10. The van der Waals surface area contributed by atoms with Gasteiger partial charge in [0, 0.05) is 34.2 Å². The van der Waals surface area contributed by atoms with E-state index >= 15 is 0 Å². The van der Waals surface area contributed by atoms with Gasteiger partial charge in [0.25, 0.3) is 5.91 Å². The lowest BCUT2D eigenvalue weighted by Crippen LogP contribution is -2.41. The number of halogens is 2. The maximum absolute atomic E-state index is 12.0. The smallest absolute Gasteiger partial charge is 0.251 e. The number of fused-ring (bicyclic) bond motifs is 1. The van der Waals surface area contributed by atoms with E-state index in [1.54, 1.807) is 24.3 Å². The molecule has 0 aliphatic heterocycles. The molecule has 1 amide bonds. The summed E-state index contributed by atoms with van der Waals surface area (Å²) in [6.07, 6.45) is 1.29. The van der Waals surface area contributed by atoms with Gasteiger partial charge in [0.15, 0.2) is 0 Å². The van der Waals surface area contributed by atoms with E-state index in [-0.39, 0.29) is 12.5 Å². The Labute approximate surface area is 160 Å². The second kappa shape index (κ2) is 8.32. The van der Waals surface area contributed by atoms with Gasteiger partial charge in [-0.1, -0.05) is 33.6 Å². The standard InChI is InChI=1S/C19H20BrClN2O2/c20-15-4-1-13-8-17(9-14(13)7-15)22-10-18(24)11-23-19(25)12-2-5-16(21)6-3-12/h1-7,17-18,22,24H,8-11H2,(H,23,25). The van der Waals surface area contributed by atoms with Crippen molar-refractivity contribution < 1.29 is 9.90 Å². The largest absolute Gasteiger partial charge is 0.390 e. The predicted octanol–water partition coefficient (Wildman–Crippen LogP) is 2.95. The van der Waals surface area contributed by atoms with Crippen molar-refractivity contribution in [2.75, 3.05) is 13.1 Å². The van der Waals surface area contributed by atoms with Gasteiger partial charge < -0.3 is 15.7 Å². The molecule has 1 aliphatic carbocycles. The van der Waals surface area contributed by atoms with Crippen molar-refractivity contribution in [3.05, 3.63) is 68.7 Å². The molecule has 0 bridgehead atoms. The topological polar surface area (TPSA) is 61.4 Å². The summed E-state index contributed by atoms with van der Waals surface area (Å²) in [7, 11) is 0. The Morgan fingerprint density at radius 3 is 2.64 bits per heavy atom. The first-order valence-electron chi connectivity index (χ1n) is 8.24. The van der Waals surface area contributed by atoms with Crippen LogP contribution in [0.5, 0.6) is 0 Å². The molecular weight excluding hydrogens is 404 g/mol. The molecule has 2 atom stereocenters. The van der Waals surface area contributed by atoms with Crippen molar-refractivity contribution >= 4 is 33.4 Å². The number of hydrogen-bond acceptors (Lipinski definition) is 3. The number of hydrogen-bond donors (Lipinski definition) is 3. The summed E-state index contributed by atoms with van der Waals surface area (Å²) in [6, 6.07) is 13.3. The molecule has 4 nitrogen and oxygen atoms in total. The van der Waals surface area contributed by atoms with Crippen LogP contribution < -0.4 is 10.6 Å². The summed E-state index contributed by atoms with van der Waals surface area (Å²) in [4.78, 5) is 12.0. The van der Waals surface area contributed by atoms with Gasteiger partial charge in [0.1, 0.15) is 0 Å². The van der Waals surface area contributed by atoms with Crippen LogP contribution in [0.4, 0.5) is 0 Å². The summed E-state index contributed by atoms with van der Waals surface area (Å²) >= 11 is 9.30. The average molecular weight is 424 g/mol. The lowest BCUT2D eigenvalue weighted by atomic mass is 10.1. The molecule has 2 aromatic carbocycles. The third kappa shape index (κ3) is 5.05. The van der Waals surface area contributed by atoms with E-state index in [4.69, 9.17) is 11.6 Å². The monoisotopic (exact) mass is 422 g/mol.